The second-order valence-corrected chi connectivity index (χ2v) is 4.03. The number of para-hydroxylation sites is 1. The zero-order chi connectivity index (χ0) is 13.6. The van der Waals surface area contributed by atoms with Gasteiger partial charge in [-0.3, -0.25) is 5.10 Å². The molecule has 1 aromatic carbocycles. The van der Waals surface area contributed by atoms with E-state index >= 15 is 0 Å². The van der Waals surface area contributed by atoms with Crippen molar-refractivity contribution >= 4 is 16.7 Å². The maximum Gasteiger partial charge on any atom is 0.420 e. The highest BCUT2D eigenvalue weighted by molar-refractivity contribution is 5.86. The molecule has 4 nitrogen and oxygen atoms in total. The molecule has 0 aliphatic heterocycles. The molecule has 0 radical (unpaired) electrons. The number of H-pyrrole nitrogens is 1. The third-order valence-electron chi connectivity index (χ3n) is 2.76. The molecule has 19 heavy (non-hydrogen) atoms. The Morgan fingerprint density at radius 2 is 2.05 bits per heavy atom. The first-order valence-electron chi connectivity index (χ1n) is 5.36. The van der Waals surface area contributed by atoms with E-state index in [9.17, 15) is 13.2 Å². The molecule has 7 heteroatoms. The second kappa shape index (κ2) is 3.78. The summed E-state index contributed by atoms with van der Waals surface area (Å²) in [6, 6.07) is 5.35. The number of benzene rings is 1. The zero-order valence-corrected chi connectivity index (χ0v) is 9.45. The van der Waals surface area contributed by atoms with E-state index < -0.39 is 11.7 Å². The van der Waals surface area contributed by atoms with Crippen molar-refractivity contribution in [3.8, 4) is 11.5 Å². The van der Waals surface area contributed by atoms with Gasteiger partial charge in [0, 0.05) is 5.39 Å². The van der Waals surface area contributed by atoms with Crippen LogP contribution in [0.25, 0.3) is 22.4 Å². The van der Waals surface area contributed by atoms with Gasteiger partial charge in [0.1, 0.15) is 11.3 Å². The highest BCUT2D eigenvalue weighted by Crippen LogP contribution is 2.38. The highest BCUT2D eigenvalue weighted by atomic mass is 19.4. The number of aromatic amines is 1. The first kappa shape index (κ1) is 11.6. The molecule has 0 saturated heterocycles. The molecule has 0 spiro atoms. The number of alkyl halides is 3. The lowest BCUT2D eigenvalue weighted by Crippen LogP contribution is -2.04. The van der Waals surface area contributed by atoms with E-state index in [1.165, 1.54) is 18.3 Å². The highest BCUT2D eigenvalue weighted by Gasteiger charge is 2.34. The van der Waals surface area contributed by atoms with Crippen LogP contribution in [0.2, 0.25) is 0 Å². The number of rotatable bonds is 1. The van der Waals surface area contributed by atoms with Crippen LogP contribution >= 0.6 is 0 Å². The number of nitrogens with one attached hydrogen (secondary N) is 1. The second-order valence-electron chi connectivity index (χ2n) is 4.03. The van der Waals surface area contributed by atoms with E-state index in [1.807, 2.05) is 0 Å². The summed E-state index contributed by atoms with van der Waals surface area (Å²) >= 11 is 0. The smallest absolute Gasteiger partial charge is 0.420 e. The Kier molecular flexibility index (Phi) is 2.31. The lowest BCUT2D eigenvalue weighted by molar-refractivity contribution is -0.136. The first-order chi connectivity index (χ1) is 8.97. The van der Waals surface area contributed by atoms with Gasteiger partial charge >= 0.3 is 6.18 Å². The Bertz CT molecular complexity index is 742. The molecule has 0 unspecified atom stereocenters. The Hall–Kier alpha value is -2.44. The summed E-state index contributed by atoms with van der Waals surface area (Å²) in [6.45, 7) is 0. The Labute approximate surface area is 105 Å². The van der Waals surface area contributed by atoms with Gasteiger partial charge in [-0.2, -0.15) is 18.3 Å². The molecule has 3 N–H and O–H groups in total. The van der Waals surface area contributed by atoms with Gasteiger partial charge in [-0.25, -0.2) is 0 Å². The predicted molar refractivity (Wildman–Crippen MR) is 63.2 cm³/mol. The van der Waals surface area contributed by atoms with Crippen LogP contribution in [0.4, 0.5) is 18.9 Å². The number of hydrogen-bond acceptors (Lipinski definition) is 3. The Morgan fingerprint density at radius 3 is 2.68 bits per heavy atom. The fraction of sp³-hybridized carbons (Fsp3) is 0.0833. The zero-order valence-electron chi connectivity index (χ0n) is 9.45. The van der Waals surface area contributed by atoms with Crippen molar-refractivity contribution in [2.45, 2.75) is 6.18 Å². The third kappa shape index (κ3) is 1.83. The molecule has 0 atom stereocenters. The summed E-state index contributed by atoms with van der Waals surface area (Å²) in [5.41, 5.74) is 5.30. The number of nitrogen functional groups attached to an aromatic ring is 1. The molecule has 0 fully saturated rings. The molecule has 2 aromatic heterocycles. The molecule has 0 aliphatic carbocycles. The van der Waals surface area contributed by atoms with Gasteiger partial charge in [-0.05, 0) is 12.1 Å². The molecule has 3 rings (SSSR count). The summed E-state index contributed by atoms with van der Waals surface area (Å²) < 4.78 is 43.8. The number of furan rings is 1. The van der Waals surface area contributed by atoms with Crippen LogP contribution in [0, 0.1) is 0 Å². The predicted octanol–water partition coefficient (Wildman–Crippen LogP) is 3.42. The van der Waals surface area contributed by atoms with Gasteiger partial charge in [0.25, 0.3) is 0 Å². The van der Waals surface area contributed by atoms with Crippen LogP contribution in [0.1, 0.15) is 5.56 Å². The SMILES string of the molecule is Nc1cn[nH]c1-c1cc2cccc(C(F)(F)F)c2o1. The van der Waals surface area contributed by atoms with E-state index in [2.05, 4.69) is 10.2 Å². The van der Waals surface area contributed by atoms with E-state index in [1.54, 1.807) is 6.07 Å². The van der Waals surface area contributed by atoms with Crippen LogP contribution in [0.15, 0.2) is 34.9 Å². The summed E-state index contributed by atoms with van der Waals surface area (Å²) in [4.78, 5) is 0. The van der Waals surface area contributed by atoms with Crippen molar-refractivity contribution in [2.75, 3.05) is 5.73 Å². The summed E-state index contributed by atoms with van der Waals surface area (Å²) in [7, 11) is 0. The summed E-state index contributed by atoms with van der Waals surface area (Å²) in [5, 5.41) is 6.66. The van der Waals surface area contributed by atoms with Gasteiger partial charge < -0.3 is 10.2 Å². The fourth-order valence-electron chi connectivity index (χ4n) is 1.90. The molecule has 3 aromatic rings. The van der Waals surface area contributed by atoms with E-state index in [0.717, 1.165) is 6.07 Å². The topological polar surface area (TPSA) is 67.8 Å². The third-order valence-corrected chi connectivity index (χ3v) is 2.76. The summed E-state index contributed by atoms with van der Waals surface area (Å²) in [6.07, 6.45) is -3.10. The molecular formula is C12H8F3N3O. The number of hydrogen-bond donors (Lipinski definition) is 2. The largest absolute Gasteiger partial charge is 0.454 e. The van der Waals surface area contributed by atoms with Crippen LogP contribution in [-0.4, -0.2) is 10.2 Å². The summed E-state index contributed by atoms with van der Waals surface area (Å²) in [5.74, 6) is 0.224. The van der Waals surface area contributed by atoms with E-state index in [4.69, 9.17) is 10.2 Å². The average Bonchev–Trinajstić information content (AvgIpc) is 2.91. The molecule has 0 bridgehead atoms. The minimum Gasteiger partial charge on any atom is -0.454 e. The van der Waals surface area contributed by atoms with Crippen LogP contribution < -0.4 is 5.73 Å². The Morgan fingerprint density at radius 1 is 1.26 bits per heavy atom. The van der Waals surface area contributed by atoms with Crippen LogP contribution in [0.5, 0.6) is 0 Å². The monoisotopic (exact) mass is 267 g/mol. The van der Waals surface area contributed by atoms with Gasteiger partial charge in [-0.15, -0.1) is 0 Å². The maximum absolute atomic E-state index is 12.8. The van der Waals surface area contributed by atoms with Gasteiger partial charge in [0.2, 0.25) is 0 Å². The van der Waals surface area contributed by atoms with Crippen molar-refractivity contribution in [3.05, 3.63) is 36.0 Å². The van der Waals surface area contributed by atoms with E-state index in [0.29, 0.717) is 16.8 Å². The molecular weight excluding hydrogens is 259 g/mol. The van der Waals surface area contributed by atoms with Crippen molar-refractivity contribution in [3.63, 3.8) is 0 Å². The Balaban J connectivity index is 2.25. The van der Waals surface area contributed by atoms with Gasteiger partial charge in [0.05, 0.1) is 17.4 Å². The van der Waals surface area contributed by atoms with Gasteiger partial charge in [0.15, 0.2) is 5.76 Å². The maximum atomic E-state index is 12.8. The number of fused-ring (bicyclic) bond motifs is 1. The van der Waals surface area contributed by atoms with Crippen molar-refractivity contribution < 1.29 is 17.6 Å². The molecule has 0 aliphatic rings. The number of anilines is 1. The molecule has 2 heterocycles. The molecule has 98 valence electrons. The number of nitrogens with two attached hydrogens (primary N) is 1. The first-order valence-corrected chi connectivity index (χ1v) is 5.36. The normalized spacial score (nSPS) is 12.2. The van der Waals surface area contributed by atoms with Crippen LogP contribution in [0.3, 0.4) is 0 Å². The lowest BCUT2D eigenvalue weighted by Gasteiger charge is -2.06. The number of nitrogens with zero attached hydrogens (tertiary/aromatic N) is 1. The lowest BCUT2D eigenvalue weighted by atomic mass is 10.1. The number of aromatic nitrogens is 2. The van der Waals surface area contributed by atoms with Crippen molar-refractivity contribution in [1.82, 2.24) is 10.2 Å². The number of halogens is 3. The minimum absolute atomic E-state index is 0.209. The average molecular weight is 267 g/mol. The van der Waals surface area contributed by atoms with Gasteiger partial charge in [-0.1, -0.05) is 12.1 Å². The fourth-order valence-corrected chi connectivity index (χ4v) is 1.90. The standard InChI is InChI=1S/C12H8F3N3O/c13-12(14,15)7-3-1-2-6-4-9(19-11(6)7)10-8(16)5-17-18-10/h1-5H,16H2,(H,17,18). The molecule has 0 saturated carbocycles. The van der Waals surface area contributed by atoms with E-state index in [-0.39, 0.29) is 11.3 Å². The molecule has 0 amide bonds. The van der Waals surface area contributed by atoms with Crippen molar-refractivity contribution in [2.24, 2.45) is 0 Å². The van der Waals surface area contributed by atoms with Crippen molar-refractivity contribution in [1.29, 1.82) is 0 Å². The quantitative estimate of drug-likeness (QED) is 0.709. The van der Waals surface area contributed by atoms with Crippen LogP contribution in [-0.2, 0) is 6.18 Å². The minimum atomic E-state index is -4.46.